The van der Waals surface area contributed by atoms with Crippen LogP contribution in [0.5, 0.6) is 0 Å². The van der Waals surface area contributed by atoms with Gasteiger partial charge < -0.3 is 19.5 Å². The SMILES string of the molecule is CCO[C@H]1OC(=O)C=C1NC(=O)C1CCCN1C(=O)OCc1ccccc1. The van der Waals surface area contributed by atoms with E-state index in [1.54, 1.807) is 6.92 Å². The number of carbonyl (C=O) groups excluding carboxylic acids is 3. The fourth-order valence-electron chi connectivity index (χ4n) is 3.05. The lowest BCUT2D eigenvalue weighted by Crippen LogP contribution is -2.46. The minimum atomic E-state index is -0.925. The zero-order valence-corrected chi connectivity index (χ0v) is 15.1. The maximum Gasteiger partial charge on any atom is 0.410 e. The fraction of sp³-hybridized carbons (Fsp3) is 0.421. The number of ether oxygens (including phenoxy) is 3. The standard InChI is InChI=1S/C19H22N2O6/c1-2-25-18-14(11-16(22)27-18)20-17(23)15-9-6-10-21(15)19(24)26-12-13-7-4-3-5-8-13/h3-5,7-8,11,15,18H,2,6,9-10,12H2,1H3,(H,20,23)/t15?,18-/m0/s1. The van der Waals surface area contributed by atoms with Crippen molar-refractivity contribution >= 4 is 18.0 Å². The van der Waals surface area contributed by atoms with E-state index in [2.05, 4.69) is 5.32 Å². The van der Waals surface area contributed by atoms with Gasteiger partial charge in [-0.1, -0.05) is 30.3 Å². The van der Waals surface area contributed by atoms with Gasteiger partial charge in [0.25, 0.3) is 0 Å². The summed E-state index contributed by atoms with van der Waals surface area (Å²) >= 11 is 0. The normalized spacial score (nSPS) is 21.6. The van der Waals surface area contributed by atoms with Crippen LogP contribution in [0.15, 0.2) is 42.1 Å². The van der Waals surface area contributed by atoms with Gasteiger partial charge in [0.15, 0.2) is 0 Å². The van der Waals surface area contributed by atoms with Crippen LogP contribution in [0, 0.1) is 0 Å². The van der Waals surface area contributed by atoms with Crippen molar-refractivity contribution < 1.29 is 28.6 Å². The first-order valence-corrected chi connectivity index (χ1v) is 8.90. The quantitative estimate of drug-likeness (QED) is 0.762. The monoisotopic (exact) mass is 374 g/mol. The Kier molecular flexibility index (Phi) is 6.08. The van der Waals surface area contributed by atoms with Gasteiger partial charge in [0, 0.05) is 19.2 Å². The van der Waals surface area contributed by atoms with Crippen LogP contribution in [-0.2, 0) is 30.4 Å². The third-order valence-corrected chi connectivity index (χ3v) is 4.33. The molecule has 0 bridgehead atoms. The maximum atomic E-state index is 12.6. The summed E-state index contributed by atoms with van der Waals surface area (Å²) in [5, 5.41) is 2.65. The van der Waals surface area contributed by atoms with E-state index in [0.717, 1.165) is 5.56 Å². The first kappa shape index (κ1) is 18.9. The summed E-state index contributed by atoms with van der Waals surface area (Å²) in [6.45, 7) is 2.67. The summed E-state index contributed by atoms with van der Waals surface area (Å²) in [6.07, 6.45) is 0.942. The molecule has 2 aliphatic rings. The molecule has 1 aromatic carbocycles. The van der Waals surface area contributed by atoms with Crippen molar-refractivity contribution in [3.63, 3.8) is 0 Å². The first-order chi connectivity index (χ1) is 13.1. The van der Waals surface area contributed by atoms with Crippen LogP contribution >= 0.6 is 0 Å². The minimum absolute atomic E-state index is 0.143. The summed E-state index contributed by atoms with van der Waals surface area (Å²) in [5.41, 5.74) is 1.12. The Bertz CT molecular complexity index is 733. The molecule has 0 saturated carbocycles. The highest BCUT2D eigenvalue weighted by molar-refractivity contribution is 5.91. The highest BCUT2D eigenvalue weighted by Gasteiger charge is 2.37. The molecule has 27 heavy (non-hydrogen) atoms. The molecule has 2 heterocycles. The second-order valence-electron chi connectivity index (χ2n) is 6.20. The molecule has 0 aromatic heterocycles. The number of likely N-dealkylation sites (tertiary alicyclic amines) is 1. The molecule has 1 unspecified atom stereocenters. The van der Waals surface area contributed by atoms with Crippen molar-refractivity contribution in [2.45, 2.75) is 38.7 Å². The Labute approximate surface area is 157 Å². The van der Waals surface area contributed by atoms with E-state index < -0.39 is 30.3 Å². The van der Waals surface area contributed by atoms with Gasteiger partial charge in [-0.25, -0.2) is 9.59 Å². The topological polar surface area (TPSA) is 94.2 Å². The van der Waals surface area contributed by atoms with Gasteiger partial charge in [0.1, 0.15) is 12.6 Å². The molecule has 1 fully saturated rings. The lowest BCUT2D eigenvalue weighted by atomic mass is 10.2. The molecule has 2 amide bonds. The van der Waals surface area contributed by atoms with Crippen LogP contribution in [0.1, 0.15) is 25.3 Å². The van der Waals surface area contributed by atoms with Gasteiger partial charge in [-0.3, -0.25) is 9.69 Å². The third-order valence-electron chi connectivity index (χ3n) is 4.33. The van der Waals surface area contributed by atoms with Crippen LogP contribution < -0.4 is 5.32 Å². The maximum absolute atomic E-state index is 12.6. The van der Waals surface area contributed by atoms with Crippen LogP contribution in [0.25, 0.3) is 0 Å². The number of nitrogens with one attached hydrogen (secondary N) is 1. The molecule has 0 aliphatic carbocycles. The molecule has 0 spiro atoms. The Morgan fingerprint density at radius 3 is 2.81 bits per heavy atom. The number of carbonyl (C=O) groups is 3. The lowest BCUT2D eigenvalue weighted by molar-refractivity contribution is -0.159. The smallest absolute Gasteiger partial charge is 0.410 e. The fourth-order valence-corrected chi connectivity index (χ4v) is 3.05. The minimum Gasteiger partial charge on any atom is -0.445 e. The van der Waals surface area contributed by atoms with E-state index in [1.807, 2.05) is 30.3 Å². The molecule has 8 nitrogen and oxygen atoms in total. The molecule has 1 saturated heterocycles. The van der Waals surface area contributed by atoms with E-state index in [4.69, 9.17) is 14.2 Å². The van der Waals surface area contributed by atoms with E-state index in [9.17, 15) is 14.4 Å². The summed E-state index contributed by atoms with van der Waals surface area (Å²) < 4.78 is 15.6. The van der Waals surface area contributed by atoms with Gasteiger partial charge in [0.2, 0.25) is 12.2 Å². The lowest BCUT2D eigenvalue weighted by Gasteiger charge is -2.24. The van der Waals surface area contributed by atoms with Gasteiger partial charge in [-0.05, 0) is 25.3 Å². The first-order valence-electron chi connectivity index (χ1n) is 8.90. The second-order valence-corrected chi connectivity index (χ2v) is 6.20. The predicted octanol–water partition coefficient (Wildman–Crippen LogP) is 1.71. The highest BCUT2D eigenvalue weighted by atomic mass is 16.7. The zero-order valence-electron chi connectivity index (χ0n) is 15.1. The molecule has 1 N–H and O–H groups in total. The van der Waals surface area contributed by atoms with Crippen molar-refractivity contribution in [1.82, 2.24) is 10.2 Å². The molecular weight excluding hydrogens is 352 g/mol. The Morgan fingerprint density at radius 2 is 2.07 bits per heavy atom. The number of hydrogen-bond acceptors (Lipinski definition) is 6. The largest absolute Gasteiger partial charge is 0.445 e. The van der Waals surface area contributed by atoms with Crippen LogP contribution in [-0.4, -0.2) is 48.4 Å². The molecule has 1 aromatic rings. The summed E-state index contributed by atoms with van der Waals surface area (Å²) in [7, 11) is 0. The van der Waals surface area contributed by atoms with Crippen molar-refractivity contribution in [2.24, 2.45) is 0 Å². The average Bonchev–Trinajstić information content (AvgIpc) is 3.28. The Hall–Kier alpha value is -2.87. The number of nitrogens with zero attached hydrogens (tertiary/aromatic N) is 1. The van der Waals surface area contributed by atoms with Crippen LogP contribution in [0.2, 0.25) is 0 Å². The molecule has 144 valence electrons. The van der Waals surface area contributed by atoms with Gasteiger partial charge >= 0.3 is 12.1 Å². The van der Waals surface area contributed by atoms with Crippen molar-refractivity contribution in [3.05, 3.63) is 47.7 Å². The summed E-state index contributed by atoms with van der Waals surface area (Å²) in [6, 6.07) is 8.67. The Morgan fingerprint density at radius 1 is 1.30 bits per heavy atom. The number of cyclic esters (lactones) is 1. The molecule has 0 radical (unpaired) electrons. The second kappa shape index (κ2) is 8.68. The molecule has 3 rings (SSSR count). The number of rotatable bonds is 6. The van der Waals surface area contributed by atoms with Crippen LogP contribution in [0.4, 0.5) is 4.79 Å². The Balaban J connectivity index is 1.58. The van der Waals surface area contributed by atoms with Gasteiger partial charge in [-0.2, -0.15) is 0 Å². The number of amides is 2. The molecular formula is C19H22N2O6. The predicted molar refractivity (Wildman–Crippen MR) is 94.1 cm³/mol. The van der Waals surface area contributed by atoms with E-state index >= 15 is 0 Å². The summed E-state index contributed by atoms with van der Waals surface area (Å²) in [5.74, 6) is -0.965. The van der Waals surface area contributed by atoms with E-state index in [1.165, 1.54) is 11.0 Å². The third kappa shape index (κ3) is 4.65. The summed E-state index contributed by atoms with van der Waals surface area (Å²) in [4.78, 5) is 37.8. The molecule has 2 aliphatic heterocycles. The van der Waals surface area contributed by atoms with Crippen molar-refractivity contribution in [3.8, 4) is 0 Å². The van der Waals surface area contributed by atoms with Gasteiger partial charge in [-0.15, -0.1) is 0 Å². The van der Waals surface area contributed by atoms with E-state index in [-0.39, 0.29) is 12.3 Å². The van der Waals surface area contributed by atoms with Crippen LogP contribution in [0.3, 0.4) is 0 Å². The van der Waals surface area contributed by atoms with E-state index in [0.29, 0.717) is 26.0 Å². The number of hydrogen-bond donors (Lipinski definition) is 1. The average molecular weight is 374 g/mol. The van der Waals surface area contributed by atoms with Gasteiger partial charge in [0.05, 0.1) is 5.70 Å². The zero-order chi connectivity index (χ0) is 19.2. The molecule has 2 atom stereocenters. The molecule has 8 heteroatoms. The highest BCUT2D eigenvalue weighted by Crippen LogP contribution is 2.21. The number of esters is 1. The van der Waals surface area contributed by atoms with Crippen molar-refractivity contribution in [2.75, 3.05) is 13.2 Å². The van der Waals surface area contributed by atoms with Crippen molar-refractivity contribution in [1.29, 1.82) is 0 Å². The number of benzene rings is 1.